The predicted molar refractivity (Wildman–Crippen MR) is 86.6 cm³/mol. The number of carbonyl (C=O) groups excluding carboxylic acids is 1. The normalized spacial score (nSPS) is 26.4. The fourth-order valence-electron chi connectivity index (χ4n) is 3.22. The van der Waals surface area contributed by atoms with E-state index in [0.29, 0.717) is 13.0 Å². The third-order valence-corrected chi connectivity index (χ3v) is 6.21. The van der Waals surface area contributed by atoms with Crippen LogP contribution in [-0.2, 0) is 14.6 Å². The second-order valence-corrected chi connectivity index (χ2v) is 8.66. The van der Waals surface area contributed by atoms with Gasteiger partial charge in [0.1, 0.15) is 0 Å². The Morgan fingerprint density at radius 1 is 1.50 bits per heavy atom. The zero-order valence-electron chi connectivity index (χ0n) is 13.4. The molecule has 0 radical (unpaired) electrons. The van der Waals surface area contributed by atoms with Gasteiger partial charge in [-0.15, -0.1) is 0 Å². The highest BCUT2D eigenvalue weighted by atomic mass is 32.2. The van der Waals surface area contributed by atoms with Crippen molar-refractivity contribution in [3.8, 4) is 0 Å². The van der Waals surface area contributed by atoms with Crippen molar-refractivity contribution in [1.82, 2.24) is 15.5 Å². The summed E-state index contributed by atoms with van der Waals surface area (Å²) in [7, 11) is -1.27. The Bertz CT molecular complexity index is 546. The summed E-state index contributed by atoms with van der Waals surface area (Å²) in [6, 6.07) is 0. The minimum Gasteiger partial charge on any atom is -0.355 e. The van der Waals surface area contributed by atoms with Crippen LogP contribution in [0.4, 0.5) is 0 Å². The van der Waals surface area contributed by atoms with E-state index in [1.807, 2.05) is 0 Å². The zero-order chi connectivity index (χ0) is 16.2. The molecule has 1 amide bonds. The Labute approximate surface area is 132 Å². The molecular weight excluding hydrogens is 304 g/mol. The van der Waals surface area contributed by atoms with Crippen LogP contribution in [0, 0.1) is 5.41 Å². The molecule has 8 heteroatoms. The molecule has 0 bridgehead atoms. The van der Waals surface area contributed by atoms with Gasteiger partial charge in [0.15, 0.2) is 15.8 Å². The van der Waals surface area contributed by atoms with Crippen LogP contribution in [0.25, 0.3) is 0 Å². The second-order valence-electron chi connectivity index (χ2n) is 6.19. The van der Waals surface area contributed by atoms with Crippen molar-refractivity contribution in [2.24, 2.45) is 10.4 Å². The lowest BCUT2D eigenvalue weighted by atomic mass is 9.79. The Hall–Kier alpha value is -1.31. The van der Waals surface area contributed by atoms with Gasteiger partial charge in [-0.2, -0.15) is 0 Å². The molecule has 0 aromatic heterocycles. The minimum atomic E-state index is -2.97. The van der Waals surface area contributed by atoms with Crippen LogP contribution >= 0.6 is 0 Å². The quantitative estimate of drug-likeness (QED) is 0.541. The number of hydrogen-bond acceptors (Lipinski definition) is 4. The van der Waals surface area contributed by atoms with Gasteiger partial charge in [0.2, 0.25) is 5.91 Å². The number of nitrogens with one attached hydrogen (secondary N) is 2. The molecule has 22 heavy (non-hydrogen) atoms. The first-order valence-electron chi connectivity index (χ1n) is 7.82. The van der Waals surface area contributed by atoms with Gasteiger partial charge in [0.05, 0.1) is 5.75 Å². The summed E-state index contributed by atoms with van der Waals surface area (Å²) < 4.78 is 23.1. The highest BCUT2D eigenvalue weighted by Gasteiger charge is 2.42. The van der Waals surface area contributed by atoms with Crippen LogP contribution in [0.1, 0.15) is 26.2 Å². The molecule has 2 heterocycles. The number of rotatable bonds is 4. The van der Waals surface area contributed by atoms with E-state index in [2.05, 4.69) is 20.5 Å². The number of piperidine rings is 1. The van der Waals surface area contributed by atoms with E-state index >= 15 is 0 Å². The summed E-state index contributed by atoms with van der Waals surface area (Å²) >= 11 is 0. The smallest absolute Gasteiger partial charge is 0.220 e. The summed E-state index contributed by atoms with van der Waals surface area (Å²) in [5.41, 5.74) is 0.00243. The van der Waals surface area contributed by atoms with Crippen molar-refractivity contribution in [2.75, 3.05) is 44.7 Å². The number of sulfone groups is 1. The fourth-order valence-corrected chi connectivity index (χ4v) is 3.93. The van der Waals surface area contributed by atoms with Gasteiger partial charge in [-0.3, -0.25) is 9.79 Å². The van der Waals surface area contributed by atoms with Crippen LogP contribution in [0.3, 0.4) is 0 Å². The molecule has 0 saturated carbocycles. The van der Waals surface area contributed by atoms with Crippen molar-refractivity contribution in [3.05, 3.63) is 0 Å². The molecule has 2 rings (SSSR count). The Balaban J connectivity index is 1.92. The molecule has 1 spiro atoms. The number of likely N-dealkylation sites (tertiary alicyclic amines) is 1. The van der Waals surface area contributed by atoms with Gasteiger partial charge >= 0.3 is 0 Å². The molecule has 2 aliphatic heterocycles. The van der Waals surface area contributed by atoms with Crippen molar-refractivity contribution >= 4 is 21.7 Å². The van der Waals surface area contributed by atoms with E-state index < -0.39 is 9.84 Å². The molecule has 1 atom stereocenters. The van der Waals surface area contributed by atoms with Gasteiger partial charge < -0.3 is 15.5 Å². The van der Waals surface area contributed by atoms with Gasteiger partial charge in [0, 0.05) is 50.8 Å². The highest BCUT2D eigenvalue weighted by Crippen LogP contribution is 2.35. The maximum atomic E-state index is 11.5. The fraction of sp³-hybridized carbons (Fsp3) is 0.857. The molecule has 0 aromatic rings. The largest absolute Gasteiger partial charge is 0.355 e. The standard InChI is InChI=1S/C14H26N4O3S/c1-3-22(20,21)8-6-16-13(15-2)18-7-4-5-14(11-18)9-12(19)17-10-14/h3-11H2,1-2H3,(H,15,16)(H,17,19). The third-order valence-electron chi connectivity index (χ3n) is 4.50. The summed E-state index contributed by atoms with van der Waals surface area (Å²) in [6.45, 7) is 4.41. The number of aliphatic imine (C=N–C) groups is 1. The van der Waals surface area contributed by atoms with Gasteiger partial charge in [-0.1, -0.05) is 6.92 Å². The monoisotopic (exact) mass is 330 g/mol. The van der Waals surface area contributed by atoms with Crippen LogP contribution in [0.5, 0.6) is 0 Å². The van der Waals surface area contributed by atoms with E-state index in [9.17, 15) is 13.2 Å². The van der Waals surface area contributed by atoms with Gasteiger partial charge in [-0.05, 0) is 12.8 Å². The molecule has 2 aliphatic rings. The molecule has 2 N–H and O–H groups in total. The van der Waals surface area contributed by atoms with Crippen LogP contribution in [-0.4, -0.2) is 69.9 Å². The Morgan fingerprint density at radius 2 is 2.27 bits per heavy atom. The number of carbonyl (C=O) groups is 1. The van der Waals surface area contributed by atoms with E-state index in [1.165, 1.54) is 0 Å². The molecule has 7 nitrogen and oxygen atoms in total. The molecule has 0 aliphatic carbocycles. The summed E-state index contributed by atoms with van der Waals surface area (Å²) in [4.78, 5) is 17.9. The minimum absolute atomic E-state index is 0.00243. The first-order chi connectivity index (χ1) is 10.4. The molecule has 126 valence electrons. The zero-order valence-corrected chi connectivity index (χ0v) is 14.2. The van der Waals surface area contributed by atoms with Crippen molar-refractivity contribution in [1.29, 1.82) is 0 Å². The average Bonchev–Trinajstić information content (AvgIpc) is 2.84. The Kier molecular flexibility index (Phi) is 5.31. The third kappa shape index (κ3) is 4.12. The van der Waals surface area contributed by atoms with E-state index in [4.69, 9.17) is 0 Å². The van der Waals surface area contributed by atoms with Crippen LogP contribution < -0.4 is 10.6 Å². The van der Waals surface area contributed by atoms with Gasteiger partial charge in [-0.25, -0.2) is 8.42 Å². The van der Waals surface area contributed by atoms with Crippen molar-refractivity contribution in [2.45, 2.75) is 26.2 Å². The van der Waals surface area contributed by atoms with Gasteiger partial charge in [0.25, 0.3) is 0 Å². The maximum Gasteiger partial charge on any atom is 0.220 e. The van der Waals surface area contributed by atoms with E-state index in [1.54, 1.807) is 14.0 Å². The van der Waals surface area contributed by atoms with E-state index in [-0.39, 0.29) is 22.8 Å². The summed E-state index contributed by atoms with van der Waals surface area (Å²) in [5.74, 6) is 1.12. The predicted octanol–water partition coefficient (Wildman–Crippen LogP) is -0.401. The van der Waals surface area contributed by atoms with Crippen LogP contribution in [0.15, 0.2) is 4.99 Å². The number of hydrogen-bond donors (Lipinski definition) is 2. The summed E-state index contributed by atoms with van der Waals surface area (Å²) in [5, 5.41) is 6.06. The second kappa shape index (κ2) is 6.85. The lowest BCUT2D eigenvalue weighted by Gasteiger charge is -2.40. The number of amides is 1. The van der Waals surface area contributed by atoms with Crippen molar-refractivity contribution < 1.29 is 13.2 Å². The van der Waals surface area contributed by atoms with Crippen molar-refractivity contribution in [3.63, 3.8) is 0 Å². The number of nitrogens with zero attached hydrogens (tertiary/aromatic N) is 2. The molecule has 1 unspecified atom stereocenters. The average molecular weight is 330 g/mol. The molecule has 2 fully saturated rings. The van der Waals surface area contributed by atoms with E-state index in [0.717, 1.165) is 38.4 Å². The molecular formula is C14H26N4O3S. The lowest BCUT2D eigenvalue weighted by Crippen LogP contribution is -2.51. The topological polar surface area (TPSA) is 90.9 Å². The maximum absolute atomic E-state index is 11.5. The number of guanidine groups is 1. The Morgan fingerprint density at radius 3 is 2.86 bits per heavy atom. The summed E-state index contributed by atoms with van der Waals surface area (Å²) in [6.07, 6.45) is 2.64. The first kappa shape index (κ1) is 17.1. The SMILES string of the molecule is CCS(=O)(=O)CCNC(=NC)N1CCCC2(CNC(=O)C2)C1. The highest BCUT2D eigenvalue weighted by molar-refractivity contribution is 7.91. The first-order valence-corrected chi connectivity index (χ1v) is 9.65. The molecule has 0 aromatic carbocycles. The lowest BCUT2D eigenvalue weighted by molar-refractivity contribution is -0.119. The molecule has 2 saturated heterocycles. The van der Waals surface area contributed by atoms with Crippen LogP contribution in [0.2, 0.25) is 0 Å².